The fourth-order valence-electron chi connectivity index (χ4n) is 1.61. The number of esters is 1. The van der Waals surface area contributed by atoms with E-state index in [1.807, 2.05) is 0 Å². The van der Waals surface area contributed by atoms with Crippen molar-refractivity contribution in [3.05, 3.63) is 53.5 Å². The van der Waals surface area contributed by atoms with Crippen LogP contribution in [0.25, 0.3) is 0 Å². The second kappa shape index (κ2) is 6.03. The van der Waals surface area contributed by atoms with Crippen molar-refractivity contribution < 1.29 is 18.7 Å². The van der Waals surface area contributed by atoms with Gasteiger partial charge < -0.3 is 20.2 Å². The topological polar surface area (TPSA) is 94.6 Å². The number of amides is 1. The number of rotatable bonds is 4. The van der Waals surface area contributed by atoms with Gasteiger partial charge in [-0.15, -0.1) is 0 Å². The first-order chi connectivity index (χ1) is 9.63. The molecule has 0 fully saturated rings. The van der Waals surface area contributed by atoms with E-state index in [1.165, 1.54) is 7.11 Å². The predicted octanol–water partition coefficient (Wildman–Crippen LogP) is 1.78. The fourth-order valence-corrected chi connectivity index (χ4v) is 1.61. The Morgan fingerprint density at radius 3 is 2.45 bits per heavy atom. The van der Waals surface area contributed by atoms with Crippen molar-refractivity contribution in [3.63, 3.8) is 0 Å². The minimum Gasteiger partial charge on any atom is -0.465 e. The average Bonchev–Trinajstić information content (AvgIpc) is 2.96. The Balaban J connectivity index is 2.06. The summed E-state index contributed by atoms with van der Waals surface area (Å²) in [5.41, 5.74) is 6.37. The second-order valence-corrected chi connectivity index (χ2v) is 3.99. The molecule has 2 rings (SSSR count). The lowest BCUT2D eigenvalue weighted by atomic mass is 10.2. The van der Waals surface area contributed by atoms with Gasteiger partial charge in [0.2, 0.25) is 0 Å². The summed E-state index contributed by atoms with van der Waals surface area (Å²) in [6, 6.07) is 9.55. The number of carbonyl (C=O) groups is 2. The van der Waals surface area contributed by atoms with Gasteiger partial charge in [-0.3, -0.25) is 4.79 Å². The highest BCUT2D eigenvalue weighted by Gasteiger charge is 2.11. The van der Waals surface area contributed by atoms with E-state index in [2.05, 4.69) is 10.1 Å². The SMILES string of the molecule is COC(=O)c1ccc(NC(=O)c2ccc(CN)o2)cc1. The minimum atomic E-state index is -0.429. The van der Waals surface area contributed by atoms with Crippen molar-refractivity contribution >= 4 is 17.6 Å². The summed E-state index contributed by atoms with van der Waals surface area (Å²) in [6.45, 7) is 0.237. The molecule has 0 radical (unpaired) electrons. The number of benzene rings is 1. The molecule has 0 spiro atoms. The summed E-state index contributed by atoms with van der Waals surface area (Å²) in [5.74, 6) is -0.0873. The maximum Gasteiger partial charge on any atom is 0.337 e. The van der Waals surface area contributed by atoms with E-state index in [9.17, 15) is 9.59 Å². The molecule has 0 unspecified atom stereocenters. The zero-order chi connectivity index (χ0) is 14.5. The Hall–Kier alpha value is -2.60. The number of carbonyl (C=O) groups excluding carboxylic acids is 2. The van der Waals surface area contributed by atoms with Gasteiger partial charge in [0.25, 0.3) is 5.91 Å². The highest BCUT2D eigenvalue weighted by molar-refractivity contribution is 6.02. The van der Waals surface area contributed by atoms with E-state index in [1.54, 1.807) is 36.4 Å². The second-order valence-electron chi connectivity index (χ2n) is 3.99. The van der Waals surface area contributed by atoms with Crippen molar-refractivity contribution in [2.75, 3.05) is 12.4 Å². The van der Waals surface area contributed by atoms with Crippen LogP contribution in [0.2, 0.25) is 0 Å². The molecule has 0 bridgehead atoms. The average molecular weight is 274 g/mol. The van der Waals surface area contributed by atoms with Gasteiger partial charge in [0, 0.05) is 5.69 Å². The van der Waals surface area contributed by atoms with Crippen LogP contribution in [0.5, 0.6) is 0 Å². The third-order valence-electron chi connectivity index (χ3n) is 2.65. The Morgan fingerprint density at radius 1 is 1.20 bits per heavy atom. The number of furan rings is 1. The normalized spacial score (nSPS) is 10.1. The largest absolute Gasteiger partial charge is 0.465 e. The van der Waals surface area contributed by atoms with Crippen LogP contribution in [-0.2, 0) is 11.3 Å². The maximum atomic E-state index is 11.9. The number of nitrogens with one attached hydrogen (secondary N) is 1. The molecule has 20 heavy (non-hydrogen) atoms. The van der Waals surface area contributed by atoms with E-state index in [0.717, 1.165) is 0 Å². The van der Waals surface area contributed by atoms with Crippen LogP contribution in [0.1, 0.15) is 26.7 Å². The van der Waals surface area contributed by atoms with Crippen LogP contribution in [0.15, 0.2) is 40.8 Å². The first-order valence-corrected chi connectivity index (χ1v) is 5.92. The number of methoxy groups -OCH3 is 1. The molecule has 1 aromatic heterocycles. The van der Waals surface area contributed by atoms with Gasteiger partial charge in [0.15, 0.2) is 5.76 Å². The van der Waals surface area contributed by atoms with E-state index in [4.69, 9.17) is 10.2 Å². The molecule has 0 atom stereocenters. The first-order valence-electron chi connectivity index (χ1n) is 5.92. The van der Waals surface area contributed by atoms with Crippen molar-refractivity contribution in [1.82, 2.24) is 0 Å². The van der Waals surface area contributed by atoms with Gasteiger partial charge in [0.05, 0.1) is 19.2 Å². The number of anilines is 1. The summed E-state index contributed by atoms with van der Waals surface area (Å²) in [4.78, 5) is 23.1. The van der Waals surface area contributed by atoms with Gasteiger partial charge in [-0.1, -0.05) is 0 Å². The molecule has 104 valence electrons. The van der Waals surface area contributed by atoms with Crippen LogP contribution in [0.4, 0.5) is 5.69 Å². The molecule has 1 amide bonds. The first kappa shape index (κ1) is 13.8. The zero-order valence-electron chi connectivity index (χ0n) is 10.9. The van der Waals surface area contributed by atoms with Gasteiger partial charge in [0.1, 0.15) is 5.76 Å². The molecule has 1 heterocycles. The summed E-state index contributed by atoms with van der Waals surface area (Å²) in [7, 11) is 1.31. The predicted molar refractivity (Wildman–Crippen MR) is 72.3 cm³/mol. The lowest BCUT2D eigenvalue weighted by molar-refractivity contribution is 0.0600. The van der Waals surface area contributed by atoms with Crippen LogP contribution >= 0.6 is 0 Å². The smallest absolute Gasteiger partial charge is 0.337 e. The van der Waals surface area contributed by atoms with Crippen LogP contribution < -0.4 is 11.1 Å². The lowest BCUT2D eigenvalue weighted by Crippen LogP contribution is -2.11. The Bertz CT molecular complexity index is 616. The Morgan fingerprint density at radius 2 is 1.90 bits per heavy atom. The Labute approximate surface area is 115 Å². The summed E-state index contributed by atoms with van der Waals surface area (Å²) in [6.07, 6.45) is 0. The van der Waals surface area contributed by atoms with Crippen molar-refractivity contribution in [2.45, 2.75) is 6.54 Å². The quantitative estimate of drug-likeness (QED) is 0.829. The van der Waals surface area contributed by atoms with Gasteiger partial charge in [-0.25, -0.2) is 4.79 Å². The molecule has 2 aromatic rings. The van der Waals surface area contributed by atoms with Crippen molar-refractivity contribution in [2.24, 2.45) is 5.73 Å². The van der Waals surface area contributed by atoms with Crippen LogP contribution in [-0.4, -0.2) is 19.0 Å². The number of hydrogen-bond donors (Lipinski definition) is 2. The third-order valence-corrected chi connectivity index (χ3v) is 2.65. The van der Waals surface area contributed by atoms with Gasteiger partial charge in [-0.2, -0.15) is 0 Å². The minimum absolute atomic E-state index is 0.183. The van der Waals surface area contributed by atoms with Crippen LogP contribution in [0.3, 0.4) is 0 Å². The molecule has 3 N–H and O–H groups in total. The monoisotopic (exact) mass is 274 g/mol. The van der Waals surface area contributed by atoms with E-state index in [0.29, 0.717) is 17.0 Å². The summed E-state index contributed by atoms with van der Waals surface area (Å²) < 4.78 is 9.82. The molecule has 1 aromatic carbocycles. The van der Waals surface area contributed by atoms with Gasteiger partial charge in [-0.05, 0) is 36.4 Å². The van der Waals surface area contributed by atoms with E-state index >= 15 is 0 Å². The summed E-state index contributed by atoms with van der Waals surface area (Å²) in [5, 5.41) is 2.65. The van der Waals surface area contributed by atoms with Crippen molar-refractivity contribution in [3.8, 4) is 0 Å². The molecule has 0 saturated heterocycles. The fraction of sp³-hybridized carbons (Fsp3) is 0.143. The lowest BCUT2D eigenvalue weighted by Gasteiger charge is -2.04. The van der Waals surface area contributed by atoms with Crippen LogP contribution in [0, 0.1) is 0 Å². The van der Waals surface area contributed by atoms with E-state index in [-0.39, 0.29) is 18.2 Å². The number of ether oxygens (including phenoxy) is 1. The standard InChI is InChI=1S/C14H14N2O4/c1-19-14(18)9-2-4-10(5-3-9)16-13(17)12-7-6-11(8-15)20-12/h2-7H,8,15H2,1H3,(H,16,17). The van der Waals surface area contributed by atoms with E-state index < -0.39 is 5.97 Å². The molecule has 0 aliphatic heterocycles. The molecule has 0 aliphatic rings. The molecule has 6 nitrogen and oxygen atoms in total. The molecule has 6 heteroatoms. The summed E-state index contributed by atoms with van der Waals surface area (Å²) >= 11 is 0. The number of nitrogens with two attached hydrogens (primary N) is 1. The van der Waals surface area contributed by atoms with Gasteiger partial charge >= 0.3 is 5.97 Å². The molecular weight excluding hydrogens is 260 g/mol. The highest BCUT2D eigenvalue weighted by Crippen LogP contribution is 2.13. The van der Waals surface area contributed by atoms with Crippen molar-refractivity contribution in [1.29, 1.82) is 0 Å². The molecular formula is C14H14N2O4. The third kappa shape index (κ3) is 3.04. The highest BCUT2D eigenvalue weighted by atomic mass is 16.5. The molecule has 0 saturated carbocycles. The number of hydrogen-bond acceptors (Lipinski definition) is 5. The zero-order valence-corrected chi connectivity index (χ0v) is 10.9. The molecule has 0 aliphatic carbocycles. The Kier molecular flexibility index (Phi) is 4.17. The maximum absolute atomic E-state index is 11.9.